The first-order chi connectivity index (χ1) is 13.3. The van der Waals surface area contributed by atoms with E-state index in [-0.39, 0.29) is 12.3 Å². The fourth-order valence-electron chi connectivity index (χ4n) is 3.08. The number of hydrogen-bond acceptors (Lipinski definition) is 4. The number of fused-ring (bicyclic) bond motifs is 1. The molecule has 0 aliphatic heterocycles. The second kappa shape index (κ2) is 12.0. The number of nitrogens with one attached hydrogen (secondary N) is 3. The van der Waals surface area contributed by atoms with Crippen molar-refractivity contribution in [1.82, 2.24) is 15.8 Å². The average Bonchev–Trinajstić information content (AvgIpc) is 3.08. The summed E-state index contributed by atoms with van der Waals surface area (Å²) < 4.78 is 0. The summed E-state index contributed by atoms with van der Waals surface area (Å²) in [5.41, 5.74) is 7.82. The van der Waals surface area contributed by atoms with Gasteiger partial charge in [0.05, 0.1) is 0 Å². The Morgan fingerprint density at radius 2 is 1.89 bits per heavy atom. The van der Waals surface area contributed by atoms with Gasteiger partial charge in [0, 0.05) is 37.4 Å². The smallest absolute Gasteiger partial charge is 0.244 e. The number of carbonyl (C=O) groups excluding carboxylic acids is 3. The highest BCUT2D eigenvalue weighted by molar-refractivity contribution is 5.84. The zero-order valence-electron chi connectivity index (χ0n) is 16.9. The molecule has 0 aromatic carbocycles. The van der Waals surface area contributed by atoms with Gasteiger partial charge in [-0.2, -0.15) is 0 Å². The minimum absolute atomic E-state index is 0.0516. The van der Waals surface area contributed by atoms with Gasteiger partial charge in [-0.05, 0) is 42.4 Å². The monoisotopic (exact) mass is 392 g/mol. The van der Waals surface area contributed by atoms with E-state index in [4.69, 9.17) is 10.9 Å². The summed E-state index contributed by atoms with van der Waals surface area (Å²) in [5.74, 6) is -1.18. The van der Waals surface area contributed by atoms with E-state index in [1.165, 1.54) is 21.6 Å². The predicted octanol–water partition coefficient (Wildman–Crippen LogP) is 0.0776. The largest absolute Gasteiger partial charge is 0.369 e. The van der Waals surface area contributed by atoms with E-state index in [0.29, 0.717) is 18.8 Å². The Hall–Kier alpha value is -2.61. The molecule has 0 fully saturated rings. The average molecular weight is 393 g/mol. The predicted molar refractivity (Wildman–Crippen MR) is 107 cm³/mol. The van der Waals surface area contributed by atoms with Crippen LogP contribution in [0.2, 0.25) is 0 Å². The summed E-state index contributed by atoms with van der Waals surface area (Å²) in [6.45, 7) is 3.87. The molecule has 1 atom stereocenters. The summed E-state index contributed by atoms with van der Waals surface area (Å²) in [7, 11) is 1.68. The molecule has 28 heavy (non-hydrogen) atoms. The maximum Gasteiger partial charge on any atom is 0.244 e. The van der Waals surface area contributed by atoms with E-state index < -0.39 is 17.7 Å². The van der Waals surface area contributed by atoms with Crippen LogP contribution in [0.15, 0.2) is 6.20 Å². The first-order valence-electron chi connectivity index (χ1n) is 9.57. The fourth-order valence-corrected chi connectivity index (χ4v) is 3.08. The Morgan fingerprint density at radius 1 is 1.21 bits per heavy atom. The van der Waals surface area contributed by atoms with Crippen molar-refractivity contribution < 1.29 is 19.6 Å². The number of hydrogen-bond donors (Lipinski definition) is 5. The Morgan fingerprint density at radius 3 is 2.46 bits per heavy atom. The highest BCUT2D eigenvalue weighted by Gasteiger charge is 2.20. The van der Waals surface area contributed by atoms with Crippen LogP contribution >= 0.6 is 0 Å². The molecule has 6 N–H and O–H groups in total. The number of hydroxylamine groups is 1. The van der Waals surface area contributed by atoms with Crippen molar-refractivity contribution in [3.05, 3.63) is 22.3 Å². The summed E-state index contributed by atoms with van der Waals surface area (Å²) in [6.07, 6.45) is 10.6. The van der Waals surface area contributed by atoms with E-state index in [2.05, 4.69) is 22.5 Å². The van der Waals surface area contributed by atoms with Crippen molar-refractivity contribution in [2.24, 2.45) is 17.6 Å². The molecule has 1 aromatic heterocycles. The summed E-state index contributed by atoms with van der Waals surface area (Å²) in [5, 5.41) is 13.4. The molecule has 1 heterocycles. The maximum atomic E-state index is 11.1. The normalized spacial score (nSPS) is 13.2. The van der Waals surface area contributed by atoms with Crippen LogP contribution in [0, 0.1) is 11.8 Å². The van der Waals surface area contributed by atoms with Crippen molar-refractivity contribution >= 4 is 29.9 Å². The summed E-state index contributed by atoms with van der Waals surface area (Å²) in [6, 6.07) is 0. The molecule has 8 nitrogen and oxygen atoms in total. The van der Waals surface area contributed by atoms with Gasteiger partial charge < -0.3 is 16.0 Å². The molecular weight excluding hydrogens is 360 g/mol. The lowest BCUT2D eigenvalue weighted by Crippen LogP contribution is -2.30. The van der Waals surface area contributed by atoms with Crippen LogP contribution in [0.1, 0.15) is 51.5 Å². The second-order valence-corrected chi connectivity index (χ2v) is 7.27. The van der Waals surface area contributed by atoms with Gasteiger partial charge in [0.2, 0.25) is 17.7 Å². The maximum absolute atomic E-state index is 11.1. The van der Waals surface area contributed by atoms with Crippen LogP contribution in [0.5, 0.6) is 0 Å². The second-order valence-electron chi connectivity index (χ2n) is 7.27. The Kier molecular flexibility index (Phi) is 10.0. The third kappa shape index (κ3) is 7.96. The molecule has 0 radical (unpaired) electrons. The lowest BCUT2D eigenvalue weighted by molar-refractivity contribution is -0.134. The number of aromatic amines is 1. The number of primary amides is 1. The summed E-state index contributed by atoms with van der Waals surface area (Å²) in [4.78, 5) is 36.0. The van der Waals surface area contributed by atoms with Gasteiger partial charge >= 0.3 is 0 Å². The van der Waals surface area contributed by atoms with Gasteiger partial charge in [-0.25, -0.2) is 5.48 Å². The number of carbonyl (C=O) groups is 3. The fraction of sp³-hybridized carbons (Fsp3) is 0.550. The molecule has 0 saturated carbocycles. The van der Waals surface area contributed by atoms with Crippen LogP contribution in [-0.4, -0.2) is 35.0 Å². The van der Waals surface area contributed by atoms with E-state index >= 15 is 0 Å². The van der Waals surface area contributed by atoms with Crippen molar-refractivity contribution in [3.63, 3.8) is 0 Å². The molecule has 0 saturated heterocycles. The van der Waals surface area contributed by atoms with Gasteiger partial charge in [-0.15, -0.1) is 0 Å². The minimum atomic E-state index is -0.579. The highest BCUT2D eigenvalue weighted by Crippen LogP contribution is 2.14. The molecule has 1 aliphatic rings. The van der Waals surface area contributed by atoms with Crippen LogP contribution in [-0.2, 0) is 20.8 Å². The molecule has 2 rings (SSSR count). The van der Waals surface area contributed by atoms with Crippen molar-refractivity contribution in [1.29, 1.82) is 0 Å². The number of H-pyrrole nitrogens is 1. The number of nitrogens with two attached hydrogens (primary N) is 1. The zero-order chi connectivity index (χ0) is 21.1. The van der Waals surface area contributed by atoms with Gasteiger partial charge in [0.15, 0.2) is 0 Å². The first kappa shape index (κ1) is 23.4. The van der Waals surface area contributed by atoms with E-state index in [0.717, 1.165) is 19.3 Å². The molecule has 1 aromatic rings. The lowest BCUT2D eigenvalue weighted by Gasteiger charge is -2.13. The Balaban J connectivity index is 0.000000284. The third-order valence-corrected chi connectivity index (χ3v) is 4.52. The topological polar surface area (TPSA) is 137 Å². The SMILES string of the molecule is CC(C)C[C@H](CC(=O)NO)C(N)=O.CNC(=O)CCc1c[nH]c2c1=CCCC=2. The van der Waals surface area contributed by atoms with Crippen molar-refractivity contribution in [2.45, 2.75) is 52.4 Å². The lowest BCUT2D eigenvalue weighted by atomic mass is 9.93. The molecule has 156 valence electrons. The van der Waals surface area contributed by atoms with Gasteiger partial charge in [0.1, 0.15) is 0 Å². The van der Waals surface area contributed by atoms with Crippen LogP contribution in [0.3, 0.4) is 0 Å². The van der Waals surface area contributed by atoms with Crippen LogP contribution in [0.4, 0.5) is 0 Å². The van der Waals surface area contributed by atoms with Gasteiger partial charge in [-0.3, -0.25) is 19.6 Å². The molecule has 0 bridgehead atoms. The van der Waals surface area contributed by atoms with Crippen molar-refractivity contribution in [3.8, 4) is 0 Å². The minimum Gasteiger partial charge on any atom is -0.369 e. The van der Waals surface area contributed by atoms with Gasteiger partial charge in [-0.1, -0.05) is 26.0 Å². The van der Waals surface area contributed by atoms with Crippen molar-refractivity contribution in [2.75, 3.05) is 7.05 Å². The van der Waals surface area contributed by atoms with E-state index in [1.807, 2.05) is 20.0 Å². The number of aromatic nitrogens is 1. The molecule has 3 amide bonds. The standard InChI is InChI=1S/C12H16N2O.C8H16N2O3/c1-13-12(15)7-6-9-8-14-11-5-3-2-4-10(9)11;1-5(2)3-6(8(9)12)4-7(11)10-13/h4-5,8,14H,2-3,6-7H2,1H3,(H,13,15);5-6,13H,3-4H2,1-2H3,(H2,9,12)(H,10,11)/t;6-/m.1/s1. The number of amides is 3. The number of rotatable bonds is 8. The highest BCUT2D eigenvalue weighted by atomic mass is 16.5. The first-order valence-corrected chi connectivity index (χ1v) is 9.57. The Bertz CT molecular complexity index is 783. The quantitative estimate of drug-likeness (QED) is 0.316. The number of aryl methyl sites for hydroxylation is 1. The molecular formula is C20H32N4O4. The zero-order valence-corrected chi connectivity index (χ0v) is 16.9. The van der Waals surface area contributed by atoms with Crippen LogP contribution in [0.25, 0.3) is 12.2 Å². The molecule has 0 spiro atoms. The molecule has 8 heteroatoms. The molecule has 1 aliphatic carbocycles. The van der Waals surface area contributed by atoms with E-state index in [1.54, 1.807) is 7.05 Å². The van der Waals surface area contributed by atoms with Crippen LogP contribution < -0.4 is 27.1 Å². The summed E-state index contributed by atoms with van der Waals surface area (Å²) >= 11 is 0. The van der Waals surface area contributed by atoms with Gasteiger partial charge in [0.25, 0.3) is 0 Å². The Labute approximate surface area is 165 Å². The third-order valence-electron chi connectivity index (χ3n) is 4.52. The molecule has 0 unspecified atom stereocenters. The van der Waals surface area contributed by atoms with E-state index in [9.17, 15) is 14.4 Å².